The molecule has 0 unspecified atom stereocenters. The van der Waals surface area contributed by atoms with E-state index < -0.39 is 0 Å². The fraction of sp³-hybridized carbons (Fsp3) is 0.667. The van der Waals surface area contributed by atoms with Crippen LogP contribution in [0.1, 0.15) is 27.7 Å². The standard InChI is InChI=1S/C9H16NSSi/c1-7(2)10(6-12)8(3)5-9(4)11/h5,7H,6H2,1-4H3/b8-5-. The van der Waals surface area contributed by atoms with Crippen LogP contribution in [0.2, 0.25) is 0 Å². The van der Waals surface area contributed by atoms with Crippen LogP contribution in [0.15, 0.2) is 11.8 Å². The van der Waals surface area contributed by atoms with Crippen molar-refractivity contribution in [1.82, 2.24) is 4.90 Å². The van der Waals surface area contributed by atoms with Gasteiger partial charge in [-0.2, -0.15) is 0 Å². The first-order valence-corrected chi connectivity index (χ1v) is 5.20. The van der Waals surface area contributed by atoms with Crippen molar-refractivity contribution in [3.8, 4) is 0 Å². The van der Waals surface area contributed by atoms with Crippen molar-refractivity contribution in [1.29, 1.82) is 0 Å². The van der Waals surface area contributed by atoms with E-state index in [0.717, 1.165) is 11.0 Å². The second-order valence-corrected chi connectivity index (χ2v) is 4.08. The number of hydrogen-bond acceptors (Lipinski definition) is 2. The molecule has 12 heavy (non-hydrogen) atoms. The van der Waals surface area contributed by atoms with Gasteiger partial charge in [0.1, 0.15) is 0 Å². The Bertz CT molecular complexity index is 187. The first-order valence-electron chi connectivity index (χ1n) is 4.09. The van der Waals surface area contributed by atoms with Gasteiger partial charge in [-0.3, -0.25) is 0 Å². The highest BCUT2D eigenvalue weighted by molar-refractivity contribution is 7.80. The maximum absolute atomic E-state index is 5.01. The van der Waals surface area contributed by atoms with Crippen LogP contribution in [-0.2, 0) is 0 Å². The Hall–Kier alpha value is -0.153. The van der Waals surface area contributed by atoms with Crippen LogP contribution in [0.25, 0.3) is 0 Å². The molecule has 0 aliphatic heterocycles. The Kier molecular flexibility index (Phi) is 5.42. The minimum Gasteiger partial charge on any atom is -0.376 e. The van der Waals surface area contributed by atoms with Gasteiger partial charge in [0.15, 0.2) is 0 Å². The largest absolute Gasteiger partial charge is 0.376 e. The summed E-state index contributed by atoms with van der Waals surface area (Å²) in [5.74, 6) is 0. The van der Waals surface area contributed by atoms with Gasteiger partial charge in [0.25, 0.3) is 0 Å². The Morgan fingerprint density at radius 3 is 2.25 bits per heavy atom. The topological polar surface area (TPSA) is 3.24 Å². The molecular formula is C9H16NSSi. The van der Waals surface area contributed by atoms with E-state index in [4.69, 9.17) is 12.2 Å². The zero-order chi connectivity index (χ0) is 9.72. The minimum absolute atomic E-state index is 0.507. The molecule has 0 bridgehead atoms. The van der Waals surface area contributed by atoms with E-state index in [1.165, 1.54) is 5.70 Å². The number of nitrogens with zero attached hydrogens (tertiary/aromatic N) is 1. The normalized spacial score (nSPS) is 12.0. The maximum atomic E-state index is 5.01. The van der Waals surface area contributed by atoms with Crippen LogP contribution in [0.5, 0.6) is 0 Å². The van der Waals surface area contributed by atoms with Gasteiger partial charge in [-0.05, 0) is 33.8 Å². The summed E-state index contributed by atoms with van der Waals surface area (Å²) in [5, 5.41) is 0. The van der Waals surface area contributed by atoms with E-state index in [9.17, 15) is 0 Å². The number of rotatable bonds is 4. The van der Waals surface area contributed by atoms with Gasteiger partial charge >= 0.3 is 0 Å². The maximum Gasteiger partial charge on any atom is 0.0513 e. The molecule has 0 atom stereocenters. The lowest BCUT2D eigenvalue weighted by molar-refractivity contribution is 0.329. The Balaban J connectivity index is 4.40. The second kappa shape index (κ2) is 5.49. The summed E-state index contributed by atoms with van der Waals surface area (Å²) in [6.07, 6.45) is 2.87. The first-order chi connectivity index (χ1) is 5.49. The average molecular weight is 198 g/mol. The van der Waals surface area contributed by atoms with Gasteiger partial charge in [-0.25, -0.2) is 0 Å². The molecule has 3 heteroatoms. The van der Waals surface area contributed by atoms with Crippen molar-refractivity contribution in [2.24, 2.45) is 0 Å². The number of allylic oxidation sites excluding steroid dienone is 2. The van der Waals surface area contributed by atoms with Crippen molar-refractivity contribution in [3.05, 3.63) is 11.8 Å². The van der Waals surface area contributed by atoms with Crippen LogP contribution < -0.4 is 0 Å². The molecule has 0 N–H and O–H groups in total. The molecule has 0 aliphatic rings. The lowest BCUT2D eigenvalue weighted by Gasteiger charge is -2.28. The third-order valence-corrected chi connectivity index (χ3v) is 2.12. The van der Waals surface area contributed by atoms with Crippen molar-refractivity contribution < 1.29 is 0 Å². The van der Waals surface area contributed by atoms with E-state index >= 15 is 0 Å². The van der Waals surface area contributed by atoms with E-state index in [2.05, 4.69) is 35.9 Å². The molecule has 3 radical (unpaired) electrons. The zero-order valence-corrected chi connectivity index (χ0v) is 10.0. The highest BCUT2D eigenvalue weighted by atomic mass is 32.1. The predicted molar refractivity (Wildman–Crippen MR) is 59.6 cm³/mol. The third kappa shape index (κ3) is 4.02. The fourth-order valence-electron chi connectivity index (χ4n) is 1.09. The molecule has 0 rings (SSSR count). The van der Waals surface area contributed by atoms with Crippen molar-refractivity contribution in [3.63, 3.8) is 0 Å². The quantitative estimate of drug-likeness (QED) is 0.387. The van der Waals surface area contributed by atoms with E-state index in [1.54, 1.807) is 0 Å². The molecule has 0 saturated carbocycles. The molecule has 0 aromatic heterocycles. The highest BCUT2D eigenvalue weighted by Crippen LogP contribution is 2.07. The lowest BCUT2D eigenvalue weighted by Crippen LogP contribution is -2.30. The van der Waals surface area contributed by atoms with Crippen LogP contribution in [-0.4, -0.2) is 32.2 Å². The third-order valence-electron chi connectivity index (χ3n) is 1.66. The number of hydrogen-bond donors (Lipinski definition) is 0. The predicted octanol–water partition coefficient (Wildman–Crippen LogP) is 2.12. The molecule has 1 nitrogen and oxygen atoms in total. The zero-order valence-electron chi connectivity index (χ0n) is 8.22. The molecule has 67 valence electrons. The average Bonchev–Trinajstić information content (AvgIpc) is 1.85. The number of thiocarbonyl (C=S) groups is 1. The van der Waals surface area contributed by atoms with Crippen LogP contribution in [0.4, 0.5) is 0 Å². The van der Waals surface area contributed by atoms with E-state index in [-0.39, 0.29) is 0 Å². The summed E-state index contributed by atoms with van der Waals surface area (Å²) in [7, 11) is 3.50. The SMILES string of the molecule is CC(=S)/C=C(/C)N(C[Si])C(C)C. The molecule has 0 heterocycles. The highest BCUT2D eigenvalue weighted by Gasteiger charge is 2.06. The van der Waals surface area contributed by atoms with Crippen molar-refractivity contribution >= 4 is 27.3 Å². The molecule has 0 aromatic rings. The van der Waals surface area contributed by atoms with Gasteiger partial charge in [0, 0.05) is 22.8 Å². The monoisotopic (exact) mass is 198 g/mol. The molecule has 0 amide bonds. The molecule has 0 aliphatic carbocycles. The Morgan fingerprint density at radius 2 is 2.00 bits per heavy atom. The van der Waals surface area contributed by atoms with Crippen LogP contribution >= 0.6 is 12.2 Å². The van der Waals surface area contributed by atoms with Crippen molar-refractivity contribution in [2.75, 3.05) is 6.17 Å². The Labute approximate surface area is 84.3 Å². The lowest BCUT2D eigenvalue weighted by atomic mass is 10.3. The smallest absolute Gasteiger partial charge is 0.0513 e. The summed E-state index contributed by atoms with van der Waals surface area (Å²) >= 11 is 5.01. The summed E-state index contributed by atoms with van der Waals surface area (Å²) in [5.41, 5.74) is 1.22. The van der Waals surface area contributed by atoms with Gasteiger partial charge in [0.2, 0.25) is 0 Å². The molecule has 0 fully saturated rings. The van der Waals surface area contributed by atoms with E-state index in [0.29, 0.717) is 6.04 Å². The molecular weight excluding hydrogens is 182 g/mol. The van der Waals surface area contributed by atoms with Gasteiger partial charge in [-0.15, -0.1) is 0 Å². The van der Waals surface area contributed by atoms with Crippen LogP contribution in [0.3, 0.4) is 0 Å². The second-order valence-electron chi connectivity index (χ2n) is 3.12. The summed E-state index contributed by atoms with van der Waals surface area (Å²) in [6, 6.07) is 0.507. The Morgan fingerprint density at radius 1 is 1.50 bits per heavy atom. The van der Waals surface area contributed by atoms with Crippen LogP contribution in [0, 0.1) is 0 Å². The van der Waals surface area contributed by atoms with Gasteiger partial charge < -0.3 is 4.90 Å². The summed E-state index contributed by atoms with van der Waals surface area (Å²) in [6.45, 7) is 8.34. The van der Waals surface area contributed by atoms with Gasteiger partial charge in [0.05, 0.1) is 10.2 Å². The van der Waals surface area contributed by atoms with E-state index in [1.807, 2.05) is 13.0 Å². The van der Waals surface area contributed by atoms with Crippen molar-refractivity contribution in [2.45, 2.75) is 33.7 Å². The fourth-order valence-corrected chi connectivity index (χ4v) is 1.88. The molecule has 0 saturated heterocycles. The molecule has 0 spiro atoms. The summed E-state index contributed by atoms with van der Waals surface area (Å²) in [4.78, 5) is 3.17. The first kappa shape index (κ1) is 11.8. The molecule has 0 aromatic carbocycles. The minimum atomic E-state index is 0.507. The van der Waals surface area contributed by atoms with Gasteiger partial charge in [-0.1, -0.05) is 12.2 Å². The summed E-state index contributed by atoms with van der Waals surface area (Å²) < 4.78 is 0.